The zero-order valence-electron chi connectivity index (χ0n) is 10.6. The summed E-state index contributed by atoms with van der Waals surface area (Å²) in [5.74, 6) is 0. The van der Waals surface area contributed by atoms with E-state index in [1.165, 1.54) is 22.7 Å². The summed E-state index contributed by atoms with van der Waals surface area (Å²) in [6.07, 6.45) is 0. The minimum Gasteiger partial charge on any atom is -0.283 e. The van der Waals surface area contributed by atoms with Crippen molar-refractivity contribution in [2.75, 3.05) is 10.6 Å². The molecule has 0 saturated heterocycles. The van der Waals surface area contributed by atoms with Crippen LogP contribution < -0.4 is 10.6 Å². The van der Waals surface area contributed by atoms with Crippen LogP contribution in [-0.2, 0) is 0 Å². The summed E-state index contributed by atoms with van der Waals surface area (Å²) in [4.78, 5) is 22.4. The van der Waals surface area contributed by atoms with E-state index in [2.05, 4.69) is 20.6 Å². The molecule has 2 N–H and O–H groups in total. The summed E-state index contributed by atoms with van der Waals surface area (Å²) in [6, 6.07) is -0.308. The largest absolute Gasteiger partial charge is 0.327 e. The van der Waals surface area contributed by atoms with Crippen molar-refractivity contribution in [2.45, 2.75) is 27.7 Å². The molecule has 18 heavy (non-hydrogen) atoms. The van der Waals surface area contributed by atoms with E-state index in [1.807, 2.05) is 27.7 Å². The number of carbonyl (C=O) groups is 1. The van der Waals surface area contributed by atoms with Gasteiger partial charge in [0.15, 0.2) is 10.3 Å². The van der Waals surface area contributed by atoms with Crippen LogP contribution in [0, 0.1) is 27.7 Å². The van der Waals surface area contributed by atoms with Crippen LogP contribution in [0.15, 0.2) is 0 Å². The van der Waals surface area contributed by atoms with Gasteiger partial charge in [0.2, 0.25) is 0 Å². The van der Waals surface area contributed by atoms with Gasteiger partial charge in [-0.3, -0.25) is 10.6 Å². The number of aromatic nitrogens is 2. The molecule has 0 radical (unpaired) electrons. The van der Waals surface area contributed by atoms with Gasteiger partial charge in [-0.05, 0) is 27.7 Å². The molecule has 0 unspecified atom stereocenters. The average molecular weight is 282 g/mol. The second kappa shape index (κ2) is 5.03. The minimum atomic E-state index is -0.308. The lowest BCUT2D eigenvalue weighted by atomic mass is 10.4. The molecule has 2 aromatic rings. The third-order valence-corrected chi connectivity index (χ3v) is 4.47. The molecule has 0 saturated carbocycles. The van der Waals surface area contributed by atoms with E-state index in [4.69, 9.17) is 0 Å². The number of rotatable bonds is 2. The second-order valence-corrected chi connectivity index (χ2v) is 6.31. The third kappa shape index (κ3) is 2.85. The zero-order chi connectivity index (χ0) is 13.3. The van der Waals surface area contributed by atoms with Crippen LogP contribution in [0.1, 0.15) is 21.1 Å². The maximum atomic E-state index is 11.7. The van der Waals surface area contributed by atoms with Crippen LogP contribution >= 0.6 is 22.7 Å². The fourth-order valence-electron chi connectivity index (χ4n) is 1.28. The fourth-order valence-corrected chi connectivity index (χ4v) is 2.90. The fraction of sp³-hybridized carbons (Fsp3) is 0.364. The Hall–Kier alpha value is -1.47. The van der Waals surface area contributed by atoms with Crippen molar-refractivity contribution in [3.63, 3.8) is 0 Å². The van der Waals surface area contributed by atoms with Gasteiger partial charge in [-0.15, -0.1) is 22.7 Å². The van der Waals surface area contributed by atoms with E-state index in [-0.39, 0.29) is 6.03 Å². The molecule has 0 bridgehead atoms. The SMILES string of the molecule is Cc1nc(NC(=O)Nc2nc(C)c(C)s2)sc1C. The Morgan fingerprint density at radius 1 is 0.889 bits per heavy atom. The van der Waals surface area contributed by atoms with Crippen LogP contribution in [0.25, 0.3) is 0 Å². The van der Waals surface area contributed by atoms with E-state index in [0.29, 0.717) is 10.3 Å². The van der Waals surface area contributed by atoms with Crippen molar-refractivity contribution in [1.82, 2.24) is 9.97 Å². The summed E-state index contributed by atoms with van der Waals surface area (Å²) < 4.78 is 0. The Balaban J connectivity index is 2.00. The van der Waals surface area contributed by atoms with Crippen LogP contribution in [0.4, 0.5) is 15.1 Å². The van der Waals surface area contributed by atoms with Crippen LogP contribution in [0.3, 0.4) is 0 Å². The quantitative estimate of drug-likeness (QED) is 0.886. The van der Waals surface area contributed by atoms with Crippen LogP contribution in [-0.4, -0.2) is 16.0 Å². The molecule has 0 aliphatic heterocycles. The number of aryl methyl sites for hydroxylation is 4. The molecule has 0 aliphatic carbocycles. The highest BCUT2D eigenvalue weighted by Gasteiger charge is 2.10. The van der Waals surface area contributed by atoms with E-state index < -0.39 is 0 Å². The standard InChI is InChI=1S/C11H14N4OS2/c1-5-7(3)17-10(12-5)14-9(16)15-11-13-6(2)8(4)18-11/h1-4H3,(H2,12,13,14,15,16). The smallest absolute Gasteiger partial charge is 0.283 e. The molecule has 2 amide bonds. The average Bonchev–Trinajstić information content (AvgIpc) is 2.72. The molecular formula is C11H14N4OS2. The van der Waals surface area contributed by atoms with Crippen molar-refractivity contribution in [3.05, 3.63) is 21.1 Å². The predicted octanol–water partition coefficient (Wildman–Crippen LogP) is 3.48. The van der Waals surface area contributed by atoms with Gasteiger partial charge in [0.25, 0.3) is 0 Å². The Morgan fingerprint density at radius 2 is 1.28 bits per heavy atom. The predicted molar refractivity (Wildman–Crippen MR) is 75.8 cm³/mol. The molecule has 7 heteroatoms. The van der Waals surface area contributed by atoms with E-state index in [1.54, 1.807) is 0 Å². The molecule has 0 aromatic carbocycles. The third-order valence-electron chi connectivity index (χ3n) is 2.50. The lowest BCUT2D eigenvalue weighted by Crippen LogP contribution is -2.19. The summed E-state index contributed by atoms with van der Waals surface area (Å²) in [5, 5.41) is 6.62. The molecule has 2 rings (SSSR count). The first-order valence-electron chi connectivity index (χ1n) is 5.42. The number of nitrogens with one attached hydrogen (secondary N) is 2. The van der Waals surface area contributed by atoms with Gasteiger partial charge in [-0.25, -0.2) is 14.8 Å². The van der Waals surface area contributed by atoms with Crippen molar-refractivity contribution >= 4 is 39.0 Å². The minimum absolute atomic E-state index is 0.308. The molecule has 0 aliphatic rings. The Kier molecular flexibility index (Phi) is 3.63. The number of thiazole rings is 2. The van der Waals surface area contributed by atoms with Gasteiger partial charge in [-0.1, -0.05) is 0 Å². The highest BCUT2D eigenvalue weighted by Crippen LogP contribution is 2.23. The van der Waals surface area contributed by atoms with E-state index >= 15 is 0 Å². The number of hydrogen-bond donors (Lipinski definition) is 2. The van der Waals surface area contributed by atoms with Gasteiger partial charge in [0.1, 0.15) is 0 Å². The Labute approximate surface area is 113 Å². The van der Waals surface area contributed by atoms with E-state index in [0.717, 1.165) is 21.1 Å². The summed E-state index contributed by atoms with van der Waals surface area (Å²) in [7, 11) is 0. The topological polar surface area (TPSA) is 66.9 Å². The molecule has 0 atom stereocenters. The maximum absolute atomic E-state index is 11.7. The van der Waals surface area contributed by atoms with Crippen molar-refractivity contribution < 1.29 is 4.79 Å². The Morgan fingerprint density at radius 3 is 1.56 bits per heavy atom. The molecule has 2 aromatic heterocycles. The van der Waals surface area contributed by atoms with Gasteiger partial charge in [0, 0.05) is 9.75 Å². The highest BCUT2D eigenvalue weighted by molar-refractivity contribution is 7.16. The first kappa shape index (κ1) is 13.0. The van der Waals surface area contributed by atoms with Crippen LogP contribution in [0.5, 0.6) is 0 Å². The number of anilines is 2. The first-order valence-corrected chi connectivity index (χ1v) is 7.05. The van der Waals surface area contributed by atoms with Crippen molar-refractivity contribution in [1.29, 1.82) is 0 Å². The summed E-state index contributed by atoms with van der Waals surface area (Å²) >= 11 is 2.92. The normalized spacial score (nSPS) is 10.4. The maximum Gasteiger partial charge on any atom is 0.327 e. The molecule has 2 heterocycles. The number of carbonyl (C=O) groups excluding carboxylic acids is 1. The van der Waals surface area contributed by atoms with Crippen molar-refractivity contribution in [2.24, 2.45) is 0 Å². The van der Waals surface area contributed by atoms with Gasteiger partial charge in [0.05, 0.1) is 11.4 Å². The second-order valence-electron chi connectivity index (χ2n) is 3.90. The lowest BCUT2D eigenvalue weighted by molar-refractivity contribution is 0.262. The number of hydrogen-bond acceptors (Lipinski definition) is 5. The number of urea groups is 1. The number of amides is 2. The zero-order valence-corrected chi connectivity index (χ0v) is 12.3. The van der Waals surface area contributed by atoms with Crippen molar-refractivity contribution in [3.8, 4) is 0 Å². The highest BCUT2D eigenvalue weighted by atomic mass is 32.1. The van der Waals surface area contributed by atoms with Crippen LogP contribution in [0.2, 0.25) is 0 Å². The van der Waals surface area contributed by atoms with Gasteiger partial charge >= 0.3 is 6.03 Å². The number of nitrogens with zero attached hydrogens (tertiary/aromatic N) is 2. The monoisotopic (exact) mass is 282 g/mol. The van der Waals surface area contributed by atoms with Gasteiger partial charge in [-0.2, -0.15) is 0 Å². The summed E-state index contributed by atoms with van der Waals surface area (Å²) in [5.41, 5.74) is 1.88. The van der Waals surface area contributed by atoms with E-state index in [9.17, 15) is 4.79 Å². The molecule has 0 fully saturated rings. The molecule has 5 nitrogen and oxygen atoms in total. The summed E-state index contributed by atoms with van der Waals surface area (Å²) in [6.45, 7) is 7.79. The molecule has 0 spiro atoms. The lowest BCUT2D eigenvalue weighted by Gasteiger charge is -2.00. The first-order chi connectivity index (χ1) is 8.45. The Bertz CT molecular complexity index is 499. The molecule has 96 valence electrons. The molecular weight excluding hydrogens is 268 g/mol. The van der Waals surface area contributed by atoms with Gasteiger partial charge < -0.3 is 0 Å².